The normalized spacial score (nSPS) is 18.0. The Morgan fingerprint density at radius 3 is 2.53 bits per heavy atom. The largest absolute Gasteiger partial charge is 0.444 e. The second kappa shape index (κ2) is 11.2. The fourth-order valence-corrected chi connectivity index (χ4v) is 6.69. The van der Waals surface area contributed by atoms with Crippen molar-refractivity contribution in [2.45, 2.75) is 84.5 Å². The zero-order chi connectivity index (χ0) is 32.5. The number of pyridine rings is 3. The van der Waals surface area contributed by atoms with Crippen LogP contribution < -0.4 is 11.2 Å². The van der Waals surface area contributed by atoms with Gasteiger partial charge in [0, 0.05) is 37.3 Å². The summed E-state index contributed by atoms with van der Waals surface area (Å²) < 4.78 is 25.3. The topological polar surface area (TPSA) is 107 Å². The van der Waals surface area contributed by atoms with Crippen LogP contribution in [-0.4, -0.2) is 77.9 Å². The number of halogens is 2. The van der Waals surface area contributed by atoms with Gasteiger partial charge >= 0.3 is 11.8 Å². The van der Waals surface area contributed by atoms with Gasteiger partial charge in [-0.3, -0.25) is 23.5 Å². The average Bonchev–Trinajstić information content (AvgIpc) is 3.45. The second-order valence-corrected chi connectivity index (χ2v) is 13.9. The first kappa shape index (κ1) is 31.2. The van der Waals surface area contributed by atoms with Crippen LogP contribution in [0, 0.1) is 12.7 Å². The zero-order valence-corrected chi connectivity index (χ0v) is 27.5. The van der Waals surface area contributed by atoms with Gasteiger partial charge in [0.05, 0.1) is 22.9 Å². The lowest BCUT2D eigenvalue weighted by atomic mass is 10.0. The number of likely N-dealkylation sites (N-methyl/N-ethyl adjacent to an activating group) is 1. The zero-order valence-electron chi connectivity index (χ0n) is 26.7. The standard InChI is InChI=1S/C32H39ClFN7O4/c1-17(2)23-24(18(3)10-11-35-23)41-28-21(13-22(34)27(33)36-28)25-26(29(41)42)39(16-19-9-8-12-37(19)7)30(43)40(25)20-14-38(15-20)31(44)45-32(4,5)6/h10-11,13,17,19-20H,8-9,12,14-16H2,1-7H3/t19-/m0/s1. The molecule has 0 saturated carbocycles. The Morgan fingerprint density at radius 2 is 1.91 bits per heavy atom. The molecule has 0 radical (unpaired) electrons. The first-order valence-electron chi connectivity index (χ1n) is 15.4. The van der Waals surface area contributed by atoms with Crippen molar-refractivity contribution in [2.75, 3.05) is 26.7 Å². The van der Waals surface area contributed by atoms with Gasteiger partial charge in [0.15, 0.2) is 16.6 Å². The van der Waals surface area contributed by atoms with E-state index in [1.54, 1.807) is 33.0 Å². The molecule has 2 saturated heterocycles. The molecule has 11 nitrogen and oxygen atoms in total. The van der Waals surface area contributed by atoms with E-state index in [0.29, 0.717) is 11.4 Å². The summed E-state index contributed by atoms with van der Waals surface area (Å²) in [5.41, 5.74) is 0.999. The number of fused-ring (bicyclic) bond motifs is 3. The van der Waals surface area contributed by atoms with E-state index >= 15 is 4.39 Å². The van der Waals surface area contributed by atoms with Crippen LogP contribution in [0.1, 0.15) is 70.7 Å². The third-order valence-corrected chi connectivity index (χ3v) is 9.09. The van der Waals surface area contributed by atoms with Crippen molar-refractivity contribution in [3.05, 3.63) is 61.4 Å². The minimum Gasteiger partial charge on any atom is -0.444 e. The van der Waals surface area contributed by atoms with Gasteiger partial charge < -0.3 is 14.5 Å². The Morgan fingerprint density at radius 1 is 1.20 bits per heavy atom. The highest BCUT2D eigenvalue weighted by molar-refractivity contribution is 6.30. The molecule has 45 heavy (non-hydrogen) atoms. The molecule has 1 atom stereocenters. The number of hydrogen-bond acceptors (Lipinski definition) is 7. The fraction of sp³-hybridized carbons (Fsp3) is 0.531. The molecule has 6 heterocycles. The molecular formula is C32H39ClFN7O4. The lowest BCUT2D eigenvalue weighted by Gasteiger charge is -2.40. The Balaban J connectivity index is 1.66. The van der Waals surface area contributed by atoms with Gasteiger partial charge in [-0.25, -0.2) is 19.0 Å². The number of ether oxygens (including phenoxy) is 1. The van der Waals surface area contributed by atoms with Crippen LogP contribution in [0.15, 0.2) is 27.9 Å². The third kappa shape index (κ3) is 5.31. The molecule has 0 aliphatic carbocycles. The predicted molar refractivity (Wildman–Crippen MR) is 171 cm³/mol. The molecule has 13 heteroatoms. The maximum atomic E-state index is 15.3. The summed E-state index contributed by atoms with van der Waals surface area (Å²) >= 11 is 6.25. The fourth-order valence-electron chi connectivity index (χ4n) is 6.56. The summed E-state index contributed by atoms with van der Waals surface area (Å²) in [6, 6.07) is 2.63. The Bertz CT molecular complexity index is 1950. The molecule has 0 bridgehead atoms. The van der Waals surface area contributed by atoms with Crippen molar-refractivity contribution >= 4 is 39.8 Å². The molecule has 1 amide bonds. The second-order valence-electron chi connectivity index (χ2n) is 13.6. The van der Waals surface area contributed by atoms with E-state index < -0.39 is 34.8 Å². The quantitative estimate of drug-likeness (QED) is 0.283. The Hall–Kier alpha value is -3.77. The number of rotatable bonds is 5. The van der Waals surface area contributed by atoms with Crippen molar-refractivity contribution in [1.82, 2.24) is 33.5 Å². The molecule has 0 unspecified atom stereocenters. The molecular weight excluding hydrogens is 601 g/mol. The van der Waals surface area contributed by atoms with Crippen LogP contribution in [-0.2, 0) is 11.3 Å². The first-order chi connectivity index (χ1) is 21.2. The highest BCUT2D eigenvalue weighted by Gasteiger charge is 2.39. The number of likely N-dealkylation sites (tertiary alicyclic amines) is 2. The van der Waals surface area contributed by atoms with E-state index in [-0.39, 0.29) is 58.8 Å². The summed E-state index contributed by atoms with van der Waals surface area (Å²) in [4.78, 5) is 54.8. The lowest BCUT2D eigenvalue weighted by Crippen LogP contribution is -2.54. The van der Waals surface area contributed by atoms with Gasteiger partial charge in [-0.2, -0.15) is 0 Å². The van der Waals surface area contributed by atoms with E-state index in [1.165, 1.54) is 24.7 Å². The van der Waals surface area contributed by atoms with Crippen LogP contribution in [0.25, 0.3) is 27.8 Å². The SMILES string of the molecule is Cc1ccnc(C(C)C)c1-n1c(=O)c2c(c3cc(F)c(Cl)nc31)n(C1CN(C(=O)OC(C)(C)C)C1)c(=O)n2C[C@@H]1CCCN1C. The highest BCUT2D eigenvalue weighted by atomic mass is 35.5. The van der Waals surface area contributed by atoms with Crippen LogP contribution in [0.3, 0.4) is 0 Å². The van der Waals surface area contributed by atoms with Crippen molar-refractivity contribution in [1.29, 1.82) is 0 Å². The molecule has 4 aromatic rings. The molecule has 6 rings (SSSR count). The van der Waals surface area contributed by atoms with E-state index in [9.17, 15) is 14.4 Å². The Kier molecular flexibility index (Phi) is 7.80. The molecule has 2 fully saturated rings. The predicted octanol–water partition coefficient (Wildman–Crippen LogP) is 5.01. The number of amides is 1. The monoisotopic (exact) mass is 639 g/mol. The van der Waals surface area contributed by atoms with Crippen LogP contribution in [0.4, 0.5) is 9.18 Å². The van der Waals surface area contributed by atoms with Crippen molar-refractivity contribution in [2.24, 2.45) is 0 Å². The van der Waals surface area contributed by atoms with E-state index in [1.807, 2.05) is 27.8 Å². The molecule has 2 aliphatic heterocycles. The number of imidazole rings is 1. The molecule has 2 aliphatic rings. The number of carbonyl (C=O) groups is 1. The van der Waals surface area contributed by atoms with Gasteiger partial charge in [-0.1, -0.05) is 25.4 Å². The molecule has 0 N–H and O–H groups in total. The maximum Gasteiger partial charge on any atom is 0.410 e. The summed E-state index contributed by atoms with van der Waals surface area (Å²) in [6.07, 6.45) is 3.06. The molecule has 240 valence electrons. The summed E-state index contributed by atoms with van der Waals surface area (Å²) in [5, 5.41) is -0.112. The van der Waals surface area contributed by atoms with Gasteiger partial charge in [-0.05, 0) is 77.7 Å². The van der Waals surface area contributed by atoms with Gasteiger partial charge in [0.2, 0.25) is 0 Å². The van der Waals surface area contributed by atoms with Gasteiger partial charge in [0.1, 0.15) is 11.1 Å². The average molecular weight is 640 g/mol. The summed E-state index contributed by atoms with van der Waals surface area (Å²) in [5.74, 6) is -0.824. The number of nitrogens with zero attached hydrogens (tertiary/aromatic N) is 7. The van der Waals surface area contributed by atoms with Crippen molar-refractivity contribution in [3.8, 4) is 5.69 Å². The van der Waals surface area contributed by atoms with Crippen molar-refractivity contribution < 1.29 is 13.9 Å². The minimum atomic E-state index is -0.770. The first-order valence-corrected chi connectivity index (χ1v) is 15.7. The van der Waals surface area contributed by atoms with Crippen LogP contribution in [0.2, 0.25) is 5.15 Å². The molecule has 0 aromatic carbocycles. The number of aromatic nitrogens is 5. The lowest BCUT2D eigenvalue weighted by molar-refractivity contribution is 0.00108. The summed E-state index contributed by atoms with van der Waals surface area (Å²) in [6.45, 7) is 12.8. The van der Waals surface area contributed by atoms with Crippen LogP contribution >= 0.6 is 11.6 Å². The minimum absolute atomic E-state index is 0.0383. The van der Waals surface area contributed by atoms with Crippen molar-refractivity contribution in [3.63, 3.8) is 0 Å². The molecule has 0 spiro atoms. The van der Waals surface area contributed by atoms with E-state index in [4.69, 9.17) is 16.3 Å². The Labute approximate surface area is 265 Å². The number of carbonyl (C=O) groups excluding carboxylic acids is 1. The number of hydrogen-bond donors (Lipinski definition) is 0. The molecule has 4 aromatic heterocycles. The maximum absolute atomic E-state index is 15.3. The highest BCUT2D eigenvalue weighted by Crippen LogP contribution is 2.34. The number of aryl methyl sites for hydroxylation is 1. The van der Waals surface area contributed by atoms with Gasteiger partial charge in [0.25, 0.3) is 5.56 Å². The van der Waals surface area contributed by atoms with E-state index in [0.717, 1.165) is 24.9 Å². The van der Waals surface area contributed by atoms with Gasteiger partial charge in [-0.15, -0.1) is 0 Å². The van der Waals surface area contributed by atoms with E-state index in [2.05, 4.69) is 14.9 Å². The third-order valence-electron chi connectivity index (χ3n) is 8.83. The smallest absolute Gasteiger partial charge is 0.410 e. The summed E-state index contributed by atoms with van der Waals surface area (Å²) in [7, 11) is 2.01. The van der Waals surface area contributed by atoms with Crippen LogP contribution in [0.5, 0.6) is 0 Å².